The molecular weight excluding hydrogens is 312 g/mol. The van der Waals surface area contributed by atoms with Crippen molar-refractivity contribution in [1.29, 1.82) is 0 Å². The highest BCUT2D eigenvalue weighted by atomic mass is 16.3. The predicted molar refractivity (Wildman–Crippen MR) is 103 cm³/mol. The van der Waals surface area contributed by atoms with E-state index in [9.17, 15) is 9.90 Å². The van der Waals surface area contributed by atoms with Gasteiger partial charge in [-0.1, -0.05) is 52.0 Å². The Morgan fingerprint density at radius 1 is 1.20 bits per heavy atom. The molecule has 0 fully saturated rings. The number of primary amides is 1. The van der Waals surface area contributed by atoms with Crippen LogP contribution in [0.15, 0.2) is 24.3 Å². The third kappa shape index (κ3) is 3.79. The van der Waals surface area contributed by atoms with Gasteiger partial charge in [-0.05, 0) is 36.3 Å². The van der Waals surface area contributed by atoms with E-state index in [1.54, 1.807) is 0 Å². The van der Waals surface area contributed by atoms with Gasteiger partial charge < -0.3 is 15.4 Å². The molecule has 0 atom stereocenters. The summed E-state index contributed by atoms with van der Waals surface area (Å²) >= 11 is 0. The number of aliphatic hydroxyl groups excluding tert-OH is 1. The summed E-state index contributed by atoms with van der Waals surface area (Å²) in [5.41, 5.74) is 11.6. The second-order valence-electron chi connectivity index (χ2n) is 7.56. The molecule has 0 unspecified atom stereocenters. The van der Waals surface area contributed by atoms with E-state index in [-0.39, 0.29) is 12.0 Å². The number of nitrogens with two attached hydrogens (primary N) is 1. The van der Waals surface area contributed by atoms with E-state index in [0.717, 1.165) is 28.9 Å². The molecule has 0 spiro atoms. The Hall–Kier alpha value is -2.07. The van der Waals surface area contributed by atoms with Crippen LogP contribution in [0.2, 0.25) is 0 Å². The zero-order valence-electron chi connectivity index (χ0n) is 16.0. The quantitative estimate of drug-likeness (QED) is 0.838. The van der Waals surface area contributed by atoms with E-state index in [2.05, 4.69) is 56.5 Å². The van der Waals surface area contributed by atoms with Crippen LogP contribution in [0.4, 0.5) is 0 Å². The zero-order valence-corrected chi connectivity index (χ0v) is 16.0. The minimum Gasteiger partial charge on any atom is -0.396 e. The third-order valence-electron chi connectivity index (χ3n) is 4.79. The Bertz CT molecular complexity index is 750. The molecule has 1 aromatic carbocycles. The second kappa shape index (κ2) is 7.44. The van der Waals surface area contributed by atoms with E-state index < -0.39 is 5.91 Å². The smallest absolute Gasteiger partial charge is 0.251 e. The fourth-order valence-corrected chi connectivity index (χ4v) is 3.45. The molecule has 1 aromatic heterocycles. The van der Waals surface area contributed by atoms with Gasteiger partial charge in [-0.3, -0.25) is 4.79 Å². The van der Waals surface area contributed by atoms with Gasteiger partial charge in [0.25, 0.3) is 5.91 Å². The number of carbonyl (C=O) groups is 1. The van der Waals surface area contributed by atoms with Gasteiger partial charge in [-0.15, -0.1) is 0 Å². The molecule has 2 rings (SSSR count). The Morgan fingerprint density at radius 3 is 2.24 bits per heavy atom. The minimum atomic E-state index is -0.398. The number of aromatic nitrogens is 1. The molecule has 0 radical (unpaired) electrons. The first-order valence-electron chi connectivity index (χ1n) is 8.95. The van der Waals surface area contributed by atoms with Gasteiger partial charge in [0.05, 0.1) is 5.56 Å². The maximum Gasteiger partial charge on any atom is 0.251 e. The lowest BCUT2D eigenvalue weighted by atomic mass is 9.86. The van der Waals surface area contributed by atoms with Crippen molar-refractivity contribution in [3.8, 4) is 11.1 Å². The van der Waals surface area contributed by atoms with Crippen molar-refractivity contribution in [2.45, 2.75) is 59.4 Å². The van der Waals surface area contributed by atoms with Gasteiger partial charge in [0, 0.05) is 30.1 Å². The Morgan fingerprint density at radius 2 is 1.80 bits per heavy atom. The van der Waals surface area contributed by atoms with Crippen molar-refractivity contribution in [1.82, 2.24) is 4.57 Å². The molecule has 3 N–H and O–H groups in total. The molecule has 4 heteroatoms. The summed E-state index contributed by atoms with van der Waals surface area (Å²) < 4.78 is 2.13. The van der Waals surface area contributed by atoms with Gasteiger partial charge in [0.2, 0.25) is 0 Å². The predicted octanol–water partition coefficient (Wildman–Crippen LogP) is 3.80. The number of rotatable bonds is 6. The van der Waals surface area contributed by atoms with Gasteiger partial charge in [0.1, 0.15) is 0 Å². The molecule has 0 saturated heterocycles. The molecule has 1 amide bonds. The summed E-state index contributed by atoms with van der Waals surface area (Å²) in [5, 5.41) is 9.19. The van der Waals surface area contributed by atoms with E-state index in [1.807, 2.05) is 6.92 Å². The summed E-state index contributed by atoms with van der Waals surface area (Å²) in [4.78, 5) is 12.2. The SMILES string of the molecule is CCc1c(-c2ccc(C(C)(C)C)cc2)c(C(N)=O)c(C)n1CCCO. The van der Waals surface area contributed by atoms with Crippen molar-refractivity contribution in [3.63, 3.8) is 0 Å². The number of hydrogen-bond donors (Lipinski definition) is 2. The number of hydrogen-bond acceptors (Lipinski definition) is 2. The highest BCUT2D eigenvalue weighted by Crippen LogP contribution is 2.34. The number of nitrogens with zero attached hydrogens (tertiary/aromatic N) is 1. The lowest BCUT2D eigenvalue weighted by molar-refractivity contribution is 0.1000. The van der Waals surface area contributed by atoms with Crippen LogP contribution in [0.5, 0.6) is 0 Å². The summed E-state index contributed by atoms with van der Waals surface area (Å²) in [6.07, 6.45) is 1.46. The zero-order chi connectivity index (χ0) is 18.8. The molecule has 0 saturated carbocycles. The molecule has 136 valence electrons. The molecule has 0 aliphatic rings. The van der Waals surface area contributed by atoms with Crippen molar-refractivity contribution in [2.75, 3.05) is 6.61 Å². The summed E-state index contributed by atoms with van der Waals surface area (Å²) in [6.45, 7) is 11.4. The number of amides is 1. The number of carbonyl (C=O) groups excluding carboxylic acids is 1. The average molecular weight is 342 g/mol. The normalized spacial score (nSPS) is 11.8. The average Bonchev–Trinajstić information content (AvgIpc) is 2.84. The largest absolute Gasteiger partial charge is 0.396 e. The molecule has 25 heavy (non-hydrogen) atoms. The van der Waals surface area contributed by atoms with Crippen LogP contribution in [-0.4, -0.2) is 22.2 Å². The van der Waals surface area contributed by atoms with Crippen molar-refractivity contribution in [3.05, 3.63) is 46.8 Å². The summed E-state index contributed by atoms with van der Waals surface area (Å²) in [5.74, 6) is -0.398. The van der Waals surface area contributed by atoms with E-state index in [1.165, 1.54) is 5.56 Å². The molecular formula is C21H30N2O2. The minimum absolute atomic E-state index is 0.0849. The maximum atomic E-state index is 12.2. The van der Waals surface area contributed by atoms with Crippen LogP contribution in [-0.2, 0) is 18.4 Å². The lowest BCUT2D eigenvalue weighted by Gasteiger charge is -2.19. The maximum absolute atomic E-state index is 12.2. The standard InChI is InChI=1S/C21H30N2O2/c1-6-17-19(15-8-10-16(11-9-15)21(3,4)5)18(20(22)25)14(2)23(17)12-7-13-24/h8-11,24H,6-7,12-13H2,1-5H3,(H2,22,25). The second-order valence-corrected chi connectivity index (χ2v) is 7.56. The van der Waals surface area contributed by atoms with Crippen LogP contribution in [0.1, 0.15) is 61.4 Å². The third-order valence-corrected chi connectivity index (χ3v) is 4.79. The van der Waals surface area contributed by atoms with E-state index in [4.69, 9.17) is 5.73 Å². The topological polar surface area (TPSA) is 68.2 Å². The molecule has 1 heterocycles. The highest BCUT2D eigenvalue weighted by Gasteiger charge is 2.24. The van der Waals surface area contributed by atoms with Gasteiger partial charge in [0.15, 0.2) is 0 Å². The number of benzene rings is 1. The molecule has 0 aliphatic carbocycles. The van der Waals surface area contributed by atoms with Gasteiger partial charge in [-0.2, -0.15) is 0 Å². The fraction of sp³-hybridized carbons (Fsp3) is 0.476. The van der Waals surface area contributed by atoms with Crippen molar-refractivity contribution >= 4 is 5.91 Å². The Kier molecular flexibility index (Phi) is 5.73. The summed E-state index contributed by atoms with van der Waals surface area (Å²) in [7, 11) is 0. The fourth-order valence-electron chi connectivity index (χ4n) is 3.45. The first-order valence-corrected chi connectivity index (χ1v) is 8.95. The molecule has 0 bridgehead atoms. The van der Waals surface area contributed by atoms with E-state index in [0.29, 0.717) is 18.5 Å². The van der Waals surface area contributed by atoms with Crippen LogP contribution in [0, 0.1) is 6.92 Å². The molecule has 0 aliphatic heterocycles. The first-order chi connectivity index (χ1) is 11.7. The highest BCUT2D eigenvalue weighted by molar-refractivity contribution is 6.02. The Balaban J connectivity index is 2.64. The van der Waals surface area contributed by atoms with E-state index >= 15 is 0 Å². The van der Waals surface area contributed by atoms with Crippen molar-refractivity contribution < 1.29 is 9.90 Å². The van der Waals surface area contributed by atoms with Crippen LogP contribution >= 0.6 is 0 Å². The Labute approximate surface area is 150 Å². The molecule has 4 nitrogen and oxygen atoms in total. The molecule has 2 aromatic rings. The van der Waals surface area contributed by atoms with Gasteiger partial charge >= 0.3 is 0 Å². The monoisotopic (exact) mass is 342 g/mol. The lowest BCUT2D eigenvalue weighted by Crippen LogP contribution is -2.14. The number of aliphatic hydroxyl groups is 1. The van der Waals surface area contributed by atoms with Crippen molar-refractivity contribution in [2.24, 2.45) is 5.73 Å². The summed E-state index contributed by atoms with van der Waals surface area (Å²) in [6, 6.07) is 8.41. The first kappa shape index (κ1) is 19.3. The van der Waals surface area contributed by atoms with Crippen LogP contribution in [0.25, 0.3) is 11.1 Å². The van der Waals surface area contributed by atoms with Crippen LogP contribution < -0.4 is 5.73 Å². The van der Waals surface area contributed by atoms with Gasteiger partial charge in [-0.25, -0.2) is 0 Å². The van der Waals surface area contributed by atoms with Crippen LogP contribution in [0.3, 0.4) is 0 Å².